The molecule has 0 aliphatic heterocycles. The highest BCUT2D eigenvalue weighted by atomic mass is 32.2. The molecule has 2 aromatic rings. The number of aryl methyl sites for hydroxylation is 1. The summed E-state index contributed by atoms with van der Waals surface area (Å²) >= 11 is 2.77. The third-order valence-electron chi connectivity index (χ3n) is 2.08. The van der Waals surface area contributed by atoms with Crippen LogP contribution < -0.4 is 0 Å². The number of carbonyl (C=O) groups is 1. The van der Waals surface area contributed by atoms with Gasteiger partial charge in [-0.3, -0.25) is 4.98 Å². The van der Waals surface area contributed by atoms with Crippen molar-refractivity contribution >= 4 is 29.1 Å². The summed E-state index contributed by atoms with van der Waals surface area (Å²) in [4.78, 5) is 19.4. The maximum Gasteiger partial charge on any atom is 0.347 e. The molecule has 17 heavy (non-hydrogen) atoms. The Morgan fingerprint density at radius 1 is 1.47 bits per heavy atom. The molecule has 88 valence electrons. The zero-order valence-corrected chi connectivity index (χ0v) is 10.7. The van der Waals surface area contributed by atoms with Gasteiger partial charge in [0.15, 0.2) is 4.34 Å². The Balaban J connectivity index is 2.05. The van der Waals surface area contributed by atoms with Gasteiger partial charge in [0.2, 0.25) is 0 Å². The molecule has 0 aliphatic carbocycles. The Bertz CT molecular complexity index is 526. The lowest BCUT2D eigenvalue weighted by Crippen LogP contribution is -1.94. The van der Waals surface area contributed by atoms with Gasteiger partial charge in [-0.25, -0.2) is 9.78 Å². The quantitative estimate of drug-likeness (QED) is 0.862. The second kappa shape index (κ2) is 5.29. The van der Waals surface area contributed by atoms with Crippen molar-refractivity contribution in [1.29, 1.82) is 0 Å². The van der Waals surface area contributed by atoms with Crippen molar-refractivity contribution in [3.63, 3.8) is 0 Å². The summed E-state index contributed by atoms with van der Waals surface area (Å²) < 4.78 is 0.789. The number of aromatic nitrogens is 2. The predicted octanol–water partition coefficient (Wildman–Crippen LogP) is 2.84. The van der Waals surface area contributed by atoms with E-state index in [2.05, 4.69) is 9.97 Å². The summed E-state index contributed by atoms with van der Waals surface area (Å²) in [6.07, 6.45) is 3.48. The molecule has 0 spiro atoms. The van der Waals surface area contributed by atoms with Crippen LogP contribution in [0.3, 0.4) is 0 Å². The summed E-state index contributed by atoms with van der Waals surface area (Å²) in [6.45, 7) is 1.72. The van der Waals surface area contributed by atoms with E-state index in [-0.39, 0.29) is 0 Å². The number of carboxylic acids is 1. The zero-order chi connectivity index (χ0) is 12.3. The second-order valence-electron chi connectivity index (χ2n) is 3.34. The first-order valence-electron chi connectivity index (χ1n) is 4.89. The van der Waals surface area contributed by atoms with Crippen molar-refractivity contribution in [3.8, 4) is 0 Å². The first kappa shape index (κ1) is 12.1. The lowest BCUT2D eigenvalue weighted by atomic mass is 10.3. The van der Waals surface area contributed by atoms with Crippen molar-refractivity contribution in [2.24, 2.45) is 0 Å². The van der Waals surface area contributed by atoms with Crippen LogP contribution in [-0.4, -0.2) is 21.0 Å². The first-order valence-corrected chi connectivity index (χ1v) is 6.69. The van der Waals surface area contributed by atoms with E-state index in [0.29, 0.717) is 10.6 Å². The van der Waals surface area contributed by atoms with Gasteiger partial charge < -0.3 is 5.11 Å². The van der Waals surface area contributed by atoms with Crippen molar-refractivity contribution in [2.45, 2.75) is 17.0 Å². The van der Waals surface area contributed by atoms with Crippen LogP contribution in [0.25, 0.3) is 0 Å². The highest BCUT2D eigenvalue weighted by Crippen LogP contribution is 2.29. The number of hydrogen-bond acceptors (Lipinski definition) is 5. The fourth-order valence-electron chi connectivity index (χ4n) is 1.26. The molecule has 0 saturated carbocycles. The van der Waals surface area contributed by atoms with Gasteiger partial charge in [0, 0.05) is 18.1 Å². The lowest BCUT2D eigenvalue weighted by Gasteiger charge is -1.96. The average molecular weight is 266 g/mol. The van der Waals surface area contributed by atoms with Gasteiger partial charge in [0.05, 0.1) is 5.69 Å². The average Bonchev–Trinajstić information content (AvgIpc) is 2.69. The van der Waals surface area contributed by atoms with E-state index in [1.807, 2.05) is 12.1 Å². The van der Waals surface area contributed by atoms with Gasteiger partial charge >= 0.3 is 5.97 Å². The lowest BCUT2D eigenvalue weighted by molar-refractivity contribution is 0.0701. The molecule has 2 heterocycles. The van der Waals surface area contributed by atoms with Crippen LogP contribution in [0.4, 0.5) is 0 Å². The maximum absolute atomic E-state index is 10.9. The standard InChI is InChI=1S/C11H10N2O2S2/c1-7-9(10(14)15)17-11(13-7)16-6-8-2-4-12-5-3-8/h2-5H,6H2,1H3,(H,14,15). The Kier molecular flexibility index (Phi) is 3.75. The van der Waals surface area contributed by atoms with Gasteiger partial charge in [-0.05, 0) is 24.6 Å². The monoisotopic (exact) mass is 266 g/mol. The largest absolute Gasteiger partial charge is 0.477 e. The fourth-order valence-corrected chi connectivity index (χ4v) is 3.24. The molecule has 6 heteroatoms. The van der Waals surface area contributed by atoms with Crippen molar-refractivity contribution in [1.82, 2.24) is 9.97 Å². The van der Waals surface area contributed by atoms with Gasteiger partial charge in [-0.15, -0.1) is 11.3 Å². The molecule has 0 bridgehead atoms. The summed E-state index contributed by atoms with van der Waals surface area (Å²) in [5, 5.41) is 8.92. The normalized spacial score (nSPS) is 10.4. The highest BCUT2D eigenvalue weighted by Gasteiger charge is 2.13. The van der Waals surface area contributed by atoms with Gasteiger partial charge in [0.1, 0.15) is 4.88 Å². The molecule has 0 unspecified atom stereocenters. The van der Waals surface area contributed by atoms with Crippen LogP contribution in [-0.2, 0) is 5.75 Å². The van der Waals surface area contributed by atoms with Gasteiger partial charge in [-0.2, -0.15) is 0 Å². The number of carboxylic acid groups (broad SMARTS) is 1. The SMILES string of the molecule is Cc1nc(SCc2ccncc2)sc1C(=O)O. The second-order valence-corrected chi connectivity index (χ2v) is 5.57. The molecule has 0 saturated heterocycles. The number of pyridine rings is 1. The van der Waals surface area contributed by atoms with Crippen LogP contribution in [0.15, 0.2) is 28.9 Å². The number of rotatable bonds is 4. The van der Waals surface area contributed by atoms with Crippen LogP contribution in [0.2, 0.25) is 0 Å². The minimum Gasteiger partial charge on any atom is -0.477 e. The van der Waals surface area contributed by atoms with E-state index in [0.717, 1.165) is 15.7 Å². The molecule has 0 aliphatic rings. The van der Waals surface area contributed by atoms with Crippen molar-refractivity contribution in [3.05, 3.63) is 40.7 Å². The van der Waals surface area contributed by atoms with E-state index in [1.165, 1.54) is 11.3 Å². The summed E-state index contributed by atoms with van der Waals surface area (Å²) in [5.41, 5.74) is 1.73. The third-order valence-corrected chi connectivity index (χ3v) is 4.44. The Morgan fingerprint density at radius 2 is 2.18 bits per heavy atom. The number of hydrogen-bond donors (Lipinski definition) is 1. The molecule has 4 nitrogen and oxygen atoms in total. The first-order chi connectivity index (χ1) is 8.16. The summed E-state index contributed by atoms with van der Waals surface area (Å²) in [5.74, 6) is -0.134. The number of thioether (sulfide) groups is 1. The molecule has 2 rings (SSSR count). The van der Waals surface area contributed by atoms with E-state index in [1.54, 1.807) is 31.1 Å². The number of thiazole rings is 1. The molecule has 0 aromatic carbocycles. The van der Waals surface area contributed by atoms with Crippen molar-refractivity contribution in [2.75, 3.05) is 0 Å². The Morgan fingerprint density at radius 3 is 2.76 bits per heavy atom. The summed E-state index contributed by atoms with van der Waals surface area (Å²) in [6, 6.07) is 3.87. The Labute approximate surface area is 107 Å². The predicted molar refractivity (Wildman–Crippen MR) is 67.6 cm³/mol. The topological polar surface area (TPSA) is 63.1 Å². The van der Waals surface area contributed by atoms with E-state index >= 15 is 0 Å². The molecular weight excluding hydrogens is 256 g/mol. The minimum atomic E-state index is -0.907. The maximum atomic E-state index is 10.9. The van der Waals surface area contributed by atoms with Crippen LogP contribution in [0, 0.1) is 6.92 Å². The Hall–Kier alpha value is -1.40. The smallest absolute Gasteiger partial charge is 0.347 e. The third kappa shape index (κ3) is 3.04. The number of aromatic carboxylic acids is 1. The number of nitrogens with zero attached hydrogens (tertiary/aromatic N) is 2. The van der Waals surface area contributed by atoms with Crippen LogP contribution in [0.5, 0.6) is 0 Å². The molecule has 0 fully saturated rings. The fraction of sp³-hybridized carbons (Fsp3) is 0.182. The van der Waals surface area contributed by atoms with Crippen LogP contribution in [0.1, 0.15) is 20.9 Å². The molecule has 0 radical (unpaired) electrons. The molecule has 1 N–H and O–H groups in total. The molecule has 2 aromatic heterocycles. The van der Waals surface area contributed by atoms with Crippen molar-refractivity contribution < 1.29 is 9.90 Å². The van der Waals surface area contributed by atoms with E-state index < -0.39 is 5.97 Å². The van der Waals surface area contributed by atoms with E-state index in [4.69, 9.17) is 5.11 Å². The molecule has 0 amide bonds. The van der Waals surface area contributed by atoms with Gasteiger partial charge in [-0.1, -0.05) is 11.8 Å². The van der Waals surface area contributed by atoms with E-state index in [9.17, 15) is 4.79 Å². The summed E-state index contributed by atoms with van der Waals surface area (Å²) in [7, 11) is 0. The highest BCUT2D eigenvalue weighted by molar-refractivity contribution is 8.00. The minimum absolute atomic E-state index is 0.322. The van der Waals surface area contributed by atoms with Gasteiger partial charge in [0.25, 0.3) is 0 Å². The zero-order valence-electron chi connectivity index (χ0n) is 9.08. The van der Waals surface area contributed by atoms with Crippen LogP contribution >= 0.6 is 23.1 Å². The molecule has 0 atom stereocenters. The molecular formula is C11H10N2O2S2.